The van der Waals surface area contributed by atoms with E-state index in [1.165, 1.54) is 18.2 Å². The Bertz CT molecular complexity index is 1050. The smallest absolute Gasteiger partial charge is 0.255 e. The first-order valence-electron chi connectivity index (χ1n) is 9.31. The monoisotopic (exact) mass is 433 g/mol. The first-order chi connectivity index (χ1) is 13.9. The summed E-state index contributed by atoms with van der Waals surface area (Å²) in [5.74, 6) is -0.905. The quantitative estimate of drug-likeness (QED) is 0.742. The van der Waals surface area contributed by atoms with Crippen molar-refractivity contribution in [3.8, 4) is 0 Å². The fourth-order valence-electron chi connectivity index (χ4n) is 3.65. The van der Waals surface area contributed by atoms with E-state index in [9.17, 15) is 18.0 Å². The van der Waals surface area contributed by atoms with Crippen molar-refractivity contribution in [3.05, 3.63) is 59.1 Å². The number of carbonyl (C=O) groups is 2. The van der Waals surface area contributed by atoms with Crippen molar-refractivity contribution in [2.45, 2.75) is 6.42 Å². The maximum absolute atomic E-state index is 12.9. The van der Waals surface area contributed by atoms with Crippen molar-refractivity contribution in [2.24, 2.45) is 0 Å². The van der Waals surface area contributed by atoms with Gasteiger partial charge in [-0.25, -0.2) is 12.7 Å². The molecule has 7 nitrogen and oxygen atoms in total. The summed E-state index contributed by atoms with van der Waals surface area (Å²) in [7, 11) is -3.67. The van der Waals surface area contributed by atoms with Crippen LogP contribution in [-0.2, 0) is 14.8 Å². The van der Waals surface area contributed by atoms with E-state index < -0.39 is 15.9 Å². The molecular formula is C20H20ClN3O4S. The number of carbonyl (C=O) groups excluding carboxylic acids is 2. The van der Waals surface area contributed by atoms with E-state index in [1.807, 2.05) is 30.3 Å². The number of hydrogen-bond donors (Lipinski definition) is 0. The molecule has 152 valence electrons. The van der Waals surface area contributed by atoms with Gasteiger partial charge in [-0.15, -0.1) is 0 Å². The zero-order chi connectivity index (χ0) is 20.6. The zero-order valence-electron chi connectivity index (χ0n) is 15.6. The summed E-state index contributed by atoms with van der Waals surface area (Å²) < 4.78 is 24.9. The SMILES string of the molecule is O=C(c1ccc(N2C(=O)CCS2(=O)=O)cc1Cl)N1CCN(c2ccccc2)CC1. The van der Waals surface area contributed by atoms with Crippen molar-refractivity contribution in [3.63, 3.8) is 0 Å². The van der Waals surface area contributed by atoms with E-state index in [2.05, 4.69) is 4.90 Å². The minimum atomic E-state index is -3.67. The van der Waals surface area contributed by atoms with Crippen LogP contribution in [0.4, 0.5) is 11.4 Å². The van der Waals surface area contributed by atoms with Gasteiger partial charge in [0.05, 0.1) is 22.0 Å². The second-order valence-corrected chi connectivity index (χ2v) is 9.35. The number of piperazine rings is 1. The predicted molar refractivity (Wildman–Crippen MR) is 112 cm³/mol. The lowest BCUT2D eigenvalue weighted by Crippen LogP contribution is -2.48. The normalized spacial score (nSPS) is 18.9. The van der Waals surface area contributed by atoms with Crippen LogP contribution >= 0.6 is 11.6 Å². The number of nitrogens with zero attached hydrogens (tertiary/aromatic N) is 3. The number of benzene rings is 2. The highest BCUT2D eigenvalue weighted by Gasteiger charge is 2.36. The van der Waals surface area contributed by atoms with Gasteiger partial charge >= 0.3 is 0 Å². The van der Waals surface area contributed by atoms with Gasteiger partial charge in [-0.2, -0.15) is 0 Å². The molecule has 2 aromatic carbocycles. The molecule has 2 saturated heterocycles. The molecule has 0 bridgehead atoms. The predicted octanol–water partition coefficient (Wildman–Crippen LogP) is 2.37. The lowest BCUT2D eigenvalue weighted by atomic mass is 10.1. The minimum Gasteiger partial charge on any atom is -0.368 e. The Kier molecular flexibility index (Phi) is 5.23. The Morgan fingerprint density at radius 2 is 1.62 bits per heavy atom. The van der Waals surface area contributed by atoms with Gasteiger partial charge < -0.3 is 9.80 Å². The Morgan fingerprint density at radius 3 is 2.21 bits per heavy atom. The van der Waals surface area contributed by atoms with E-state index in [4.69, 9.17) is 11.6 Å². The van der Waals surface area contributed by atoms with Gasteiger partial charge in [0.1, 0.15) is 0 Å². The molecular weight excluding hydrogens is 414 g/mol. The Morgan fingerprint density at radius 1 is 0.931 bits per heavy atom. The number of amides is 2. The molecule has 0 aromatic heterocycles. The fraction of sp³-hybridized carbons (Fsp3) is 0.300. The van der Waals surface area contributed by atoms with E-state index >= 15 is 0 Å². The van der Waals surface area contributed by atoms with Gasteiger partial charge in [0, 0.05) is 38.3 Å². The molecule has 0 unspecified atom stereocenters. The van der Waals surface area contributed by atoms with Gasteiger partial charge in [0.25, 0.3) is 5.91 Å². The Balaban J connectivity index is 1.48. The summed E-state index contributed by atoms with van der Waals surface area (Å²) in [6.45, 7) is 2.55. The molecule has 2 fully saturated rings. The number of anilines is 2. The Hall–Kier alpha value is -2.58. The maximum atomic E-state index is 12.9. The van der Waals surface area contributed by atoms with Gasteiger partial charge in [-0.05, 0) is 30.3 Å². The van der Waals surface area contributed by atoms with Crippen molar-refractivity contribution in [2.75, 3.05) is 41.1 Å². The van der Waals surface area contributed by atoms with Crippen LogP contribution in [0.2, 0.25) is 5.02 Å². The number of sulfonamides is 1. The van der Waals surface area contributed by atoms with Crippen LogP contribution in [0, 0.1) is 0 Å². The van der Waals surface area contributed by atoms with E-state index in [-0.39, 0.29) is 28.8 Å². The average Bonchev–Trinajstić information content (AvgIpc) is 3.00. The summed E-state index contributed by atoms with van der Waals surface area (Å²) in [5.41, 5.74) is 1.59. The first kappa shape index (κ1) is 19.7. The maximum Gasteiger partial charge on any atom is 0.255 e. The molecule has 2 heterocycles. The van der Waals surface area contributed by atoms with Gasteiger partial charge in [0.15, 0.2) is 0 Å². The van der Waals surface area contributed by atoms with E-state index in [0.29, 0.717) is 31.7 Å². The lowest BCUT2D eigenvalue weighted by Gasteiger charge is -2.36. The third-order valence-corrected chi connectivity index (χ3v) is 7.19. The highest BCUT2D eigenvalue weighted by molar-refractivity contribution is 7.94. The van der Waals surface area contributed by atoms with Crippen molar-refractivity contribution in [1.29, 1.82) is 0 Å². The molecule has 0 aliphatic carbocycles. The van der Waals surface area contributed by atoms with Crippen molar-refractivity contribution < 1.29 is 18.0 Å². The van der Waals surface area contributed by atoms with Crippen LogP contribution in [0.25, 0.3) is 0 Å². The summed E-state index contributed by atoms with van der Waals surface area (Å²) in [6.07, 6.45) is -0.0493. The van der Waals surface area contributed by atoms with Crippen molar-refractivity contribution >= 4 is 44.8 Å². The number of halogens is 1. The molecule has 2 amide bonds. The molecule has 2 aliphatic rings. The summed E-state index contributed by atoms with van der Waals surface area (Å²) in [4.78, 5) is 28.8. The highest BCUT2D eigenvalue weighted by atomic mass is 35.5. The van der Waals surface area contributed by atoms with Crippen LogP contribution < -0.4 is 9.21 Å². The third kappa shape index (κ3) is 3.82. The highest BCUT2D eigenvalue weighted by Crippen LogP contribution is 2.30. The molecule has 2 aliphatic heterocycles. The largest absolute Gasteiger partial charge is 0.368 e. The van der Waals surface area contributed by atoms with Crippen LogP contribution in [0.1, 0.15) is 16.8 Å². The standard InChI is InChI=1S/C20H20ClN3O4S/c21-18-14-16(24-19(25)8-13-29(24,27)28)6-7-17(18)20(26)23-11-9-22(10-12-23)15-4-2-1-3-5-15/h1-7,14H,8-13H2. The molecule has 9 heteroatoms. The van der Waals surface area contributed by atoms with Gasteiger partial charge in [-0.3, -0.25) is 9.59 Å². The Labute approximate surface area is 174 Å². The van der Waals surface area contributed by atoms with Crippen LogP contribution in [-0.4, -0.2) is 57.1 Å². The topological polar surface area (TPSA) is 78.0 Å². The van der Waals surface area contributed by atoms with Gasteiger partial charge in [-0.1, -0.05) is 29.8 Å². The first-order valence-corrected chi connectivity index (χ1v) is 11.3. The molecule has 29 heavy (non-hydrogen) atoms. The van der Waals surface area contributed by atoms with Crippen LogP contribution in [0.15, 0.2) is 48.5 Å². The van der Waals surface area contributed by atoms with Crippen LogP contribution in [0.3, 0.4) is 0 Å². The second kappa shape index (κ2) is 7.68. The number of rotatable bonds is 3. The lowest BCUT2D eigenvalue weighted by molar-refractivity contribution is -0.116. The van der Waals surface area contributed by atoms with Crippen molar-refractivity contribution in [1.82, 2.24) is 4.90 Å². The summed E-state index contributed by atoms with van der Waals surface area (Å²) in [5, 5.41) is 0.132. The zero-order valence-corrected chi connectivity index (χ0v) is 17.2. The number of para-hydroxylation sites is 1. The molecule has 0 radical (unpaired) electrons. The summed E-state index contributed by atoms with van der Waals surface area (Å²) >= 11 is 6.30. The third-order valence-electron chi connectivity index (χ3n) is 5.18. The molecule has 2 aromatic rings. The molecule has 4 rings (SSSR count). The van der Waals surface area contributed by atoms with E-state index in [0.717, 1.165) is 9.99 Å². The number of hydrogen-bond acceptors (Lipinski definition) is 5. The molecule has 0 saturated carbocycles. The fourth-order valence-corrected chi connectivity index (χ4v) is 5.36. The summed E-state index contributed by atoms with van der Waals surface area (Å²) in [6, 6.07) is 14.3. The van der Waals surface area contributed by atoms with Crippen LogP contribution in [0.5, 0.6) is 0 Å². The van der Waals surface area contributed by atoms with Gasteiger partial charge in [0.2, 0.25) is 15.9 Å². The molecule has 0 N–H and O–H groups in total. The molecule has 0 atom stereocenters. The second-order valence-electron chi connectivity index (χ2n) is 7.00. The minimum absolute atomic E-state index is 0.0493. The molecule has 0 spiro atoms. The average molecular weight is 434 g/mol. The van der Waals surface area contributed by atoms with E-state index in [1.54, 1.807) is 4.90 Å².